The lowest BCUT2D eigenvalue weighted by atomic mass is 9.77. The average molecular weight is 459 g/mol. The molecule has 0 unspecified atom stereocenters. The molecule has 0 aliphatic carbocycles. The molecule has 0 fully saturated rings. The Morgan fingerprint density at radius 3 is 2.11 bits per heavy atom. The van der Waals surface area contributed by atoms with Gasteiger partial charge in [0.05, 0.1) is 17.4 Å². The zero-order valence-electron chi connectivity index (χ0n) is 20.8. The summed E-state index contributed by atoms with van der Waals surface area (Å²) in [6.45, 7) is 5.32. The topological polar surface area (TPSA) is 15.6 Å². The molecule has 0 bridgehead atoms. The normalized spacial score (nSPS) is 18.5. The largest absolute Gasteiger partial charge is 0.359 e. The zero-order chi connectivity index (χ0) is 24.0. The third-order valence-corrected chi connectivity index (χ3v) is 7.05. The summed E-state index contributed by atoms with van der Waals surface area (Å²) >= 11 is 0. The lowest BCUT2D eigenvalue weighted by Crippen LogP contribution is -2.42. The first-order valence-corrected chi connectivity index (χ1v) is 12.8. The minimum Gasteiger partial charge on any atom is -0.359 e. The average Bonchev–Trinajstić information content (AvgIpc) is 2.91. The summed E-state index contributed by atoms with van der Waals surface area (Å²) in [5, 5.41) is 0. The summed E-state index contributed by atoms with van der Waals surface area (Å²) in [4.78, 5) is 7.94. The van der Waals surface area contributed by atoms with Crippen LogP contribution in [0.25, 0.3) is 0 Å². The number of hydrogen-bond acceptors (Lipinski definition) is 2. The van der Waals surface area contributed by atoms with Crippen molar-refractivity contribution < 1.29 is 0 Å². The molecule has 2 nitrogen and oxygen atoms in total. The monoisotopic (exact) mass is 458 g/mol. The van der Waals surface area contributed by atoms with Crippen LogP contribution in [0.1, 0.15) is 54.5 Å². The fourth-order valence-electron chi connectivity index (χ4n) is 5.30. The molecule has 0 amide bonds. The standard InChI is InChI=1S/C33H34N2/c1-3-4-17-30-32(34-28-15-9-6-10-16-28)29-18-11-12-19-31(29)35(24-26-13-7-5-8-14-26)33(30)27-22-20-25(2)21-23-27/h5-16,18-23,30,33H,3-4,17,24H2,1-2H3/t30-,33+/m1/s1. The van der Waals surface area contributed by atoms with Crippen molar-refractivity contribution in [3.8, 4) is 0 Å². The summed E-state index contributed by atoms with van der Waals surface area (Å²) in [7, 11) is 0. The predicted octanol–water partition coefficient (Wildman–Crippen LogP) is 8.68. The van der Waals surface area contributed by atoms with Crippen LogP contribution in [0.3, 0.4) is 0 Å². The van der Waals surface area contributed by atoms with Gasteiger partial charge in [0, 0.05) is 23.7 Å². The second-order valence-corrected chi connectivity index (χ2v) is 9.57. The molecule has 1 aliphatic heterocycles. The van der Waals surface area contributed by atoms with E-state index in [4.69, 9.17) is 4.99 Å². The first-order valence-electron chi connectivity index (χ1n) is 12.8. The number of rotatable bonds is 7. The minimum absolute atomic E-state index is 0.222. The van der Waals surface area contributed by atoms with Crippen molar-refractivity contribution in [3.05, 3.63) is 131 Å². The van der Waals surface area contributed by atoms with Gasteiger partial charge in [0.25, 0.3) is 0 Å². The van der Waals surface area contributed by atoms with Gasteiger partial charge in [-0.2, -0.15) is 0 Å². The van der Waals surface area contributed by atoms with E-state index >= 15 is 0 Å². The fraction of sp³-hybridized carbons (Fsp3) is 0.242. The molecule has 0 aromatic heterocycles. The molecule has 4 aromatic carbocycles. The Balaban J connectivity index is 1.71. The Morgan fingerprint density at radius 2 is 1.40 bits per heavy atom. The molecule has 0 spiro atoms. The van der Waals surface area contributed by atoms with E-state index in [9.17, 15) is 0 Å². The molecule has 1 aliphatic rings. The van der Waals surface area contributed by atoms with Crippen LogP contribution in [0.2, 0.25) is 0 Å². The van der Waals surface area contributed by atoms with Gasteiger partial charge in [0.2, 0.25) is 0 Å². The third kappa shape index (κ3) is 5.07. The van der Waals surface area contributed by atoms with Crippen LogP contribution >= 0.6 is 0 Å². The molecule has 176 valence electrons. The molecule has 35 heavy (non-hydrogen) atoms. The number of hydrogen-bond donors (Lipinski definition) is 0. The van der Waals surface area contributed by atoms with E-state index in [1.54, 1.807) is 0 Å². The van der Waals surface area contributed by atoms with Crippen LogP contribution in [-0.4, -0.2) is 5.71 Å². The summed E-state index contributed by atoms with van der Waals surface area (Å²) in [6.07, 6.45) is 3.47. The van der Waals surface area contributed by atoms with E-state index in [0.717, 1.165) is 18.7 Å². The van der Waals surface area contributed by atoms with Gasteiger partial charge in [-0.05, 0) is 42.7 Å². The molecule has 4 aromatic rings. The minimum atomic E-state index is 0.222. The van der Waals surface area contributed by atoms with Gasteiger partial charge < -0.3 is 4.90 Å². The Morgan fingerprint density at radius 1 is 0.743 bits per heavy atom. The second-order valence-electron chi connectivity index (χ2n) is 9.57. The fourth-order valence-corrected chi connectivity index (χ4v) is 5.30. The number of nitrogens with zero attached hydrogens (tertiary/aromatic N) is 2. The van der Waals surface area contributed by atoms with Crippen LogP contribution in [0.5, 0.6) is 0 Å². The molecule has 0 N–H and O–H groups in total. The highest BCUT2D eigenvalue weighted by atomic mass is 15.2. The van der Waals surface area contributed by atoms with Crippen molar-refractivity contribution in [3.63, 3.8) is 0 Å². The van der Waals surface area contributed by atoms with E-state index in [-0.39, 0.29) is 6.04 Å². The van der Waals surface area contributed by atoms with Crippen LogP contribution < -0.4 is 4.90 Å². The summed E-state index contributed by atoms with van der Waals surface area (Å²) in [5.74, 6) is 0.302. The third-order valence-electron chi connectivity index (χ3n) is 7.05. The maximum absolute atomic E-state index is 5.32. The van der Waals surface area contributed by atoms with E-state index < -0.39 is 0 Å². The lowest BCUT2D eigenvalue weighted by Gasteiger charge is -2.45. The van der Waals surface area contributed by atoms with Crippen molar-refractivity contribution in [2.24, 2.45) is 10.9 Å². The van der Waals surface area contributed by atoms with E-state index in [1.165, 1.54) is 46.5 Å². The van der Waals surface area contributed by atoms with Gasteiger partial charge in [-0.1, -0.05) is 116 Å². The Kier molecular flexibility index (Phi) is 7.09. The van der Waals surface area contributed by atoms with Gasteiger partial charge >= 0.3 is 0 Å². The van der Waals surface area contributed by atoms with Gasteiger partial charge in [-0.25, -0.2) is 0 Å². The highest BCUT2D eigenvalue weighted by molar-refractivity contribution is 6.10. The van der Waals surface area contributed by atoms with Crippen molar-refractivity contribution in [1.29, 1.82) is 0 Å². The Labute approximate surface area is 210 Å². The summed E-state index contributed by atoms with van der Waals surface area (Å²) in [6, 6.07) is 39.5. The first kappa shape index (κ1) is 23.1. The Hall–Kier alpha value is -3.65. The number of anilines is 1. The molecule has 1 heterocycles. The van der Waals surface area contributed by atoms with Crippen molar-refractivity contribution in [2.75, 3.05) is 4.90 Å². The number of aryl methyl sites for hydroxylation is 1. The van der Waals surface area contributed by atoms with Crippen molar-refractivity contribution in [2.45, 2.75) is 45.7 Å². The number of benzene rings is 4. The van der Waals surface area contributed by atoms with Gasteiger partial charge in [-0.3, -0.25) is 4.99 Å². The molecule has 2 atom stereocenters. The quantitative estimate of drug-likeness (QED) is 0.270. The molecule has 2 heteroatoms. The van der Waals surface area contributed by atoms with Crippen molar-refractivity contribution >= 4 is 17.1 Å². The smallest absolute Gasteiger partial charge is 0.0633 e. The van der Waals surface area contributed by atoms with Crippen LogP contribution in [0.15, 0.2) is 114 Å². The summed E-state index contributed by atoms with van der Waals surface area (Å²) < 4.78 is 0. The van der Waals surface area contributed by atoms with Gasteiger partial charge in [-0.15, -0.1) is 0 Å². The van der Waals surface area contributed by atoms with Crippen LogP contribution in [0, 0.1) is 12.8 Å². The van der Waals surface area contributed by atoms with E-state index in [0.29, 0.717) is 5.92 Å². The molecular formula is C33H34N2. The molecule has 5 rings (SSSR count). The molecule has 0 saturated heterocycles. The first-order chi connectivity index (χ1) is 17.2. The van der Waals surface area contributed by atoms with Crippen LogP contribution in [0.4, 0.5) is 11.4 Å². The van der Waals surface area contributed by atoms with Gasteiger partial charge in [0.1, 0.15) is 0 Å². The highest BCUT2D eigenvalue weighted by Gasteiger charge is 2.39. The second kappa shape index (κ2) is 10.7. The van der Waals surface area contributed by atoms with Crippen LogP contribution in [-0.2, 0) is 6.54 Å². The number of para-hydroxylation sites is 2. The van der Waals surface area contributed by atoms with Gasteiger partial charge in [0.15, 0.2) is 0 Å². The lowest BCUT2D eigenvalue weighted by molar-refractivity contribution is 0.449. The summed E-state index contributed by atoms with van der Waals surface area (Å²) in [5.41, 5.74) is 8.76. The number of aliphatic imine (C=N–C) groups is 1. The maximum atomic E-state index is 5.32. The van der Waals surface area contributed by atoms with E-state index in [1.807, 2.05) is 0 Å². The molecule has 0 radical (unpaired) electrons. The SMILES string of the molecule is CCCC[C@@H]1C(=Nc2ccccc2)c2ccccc2N(Cc2ccccc2)[C@H]1c1ccc(C)cc1. The highest BCUT2D eigenvalue weighted by Crippen LogP contribution is 2.45. The maximum Gasteiger partial charge on any atom is 0.0633 e. The molecule has 0 saturated carbocycles. The number of unbranched alkanes of at least 4 members (excludes halogenated alkanes) is 1. The number of fused-ring (bicyclic) bond motifs is 1. The zero-order valence-corrected chi connectivity index (χ0v) is 20.8. The Bertz CT molecular complexity index is 1260. The molecular weight excluding hydrogens is 424 g/mol. The van der Waals surface area contributed by atoms with E-state index in [2.05, 4.69) is 128 Å². The van der Waals surface area contributed by atoms with Crippen molar-refractivity contribution in [1.82, 2.24) is 0 Å². The predicted molar refractivity (Wildman–Crippen MR) is 149 cm³/mol.